The van der Waals surface area contributed by atoms with E-state index >= 15 is 0 Å². The summed E-state index contributed by atoms with van der Waals surface area (Å²) in [5, 5.41) is 17.7. The van der Waals surface area contributed by atoms with Crippen molar-refractivity contribution in [1.82, 2.24) is 10.3 Å². The molecule has 0 atom stereocenters. The van der Waals surface area contributed by atoms with Gasteiger partial charge < -0.3 is 15.0 Å². The van der Waals surface area contributed by atoms with Crippen molar-refractivity contribution in [3.05, 3.63) is 57.1 Å². The number of nitro groups is 1. The molecular formula is C21H21N5O4S2. The SMILES string of the molecule is Cc1cc(C)c2nc(NC(=S)NC(=O)c3ccc(N4CCOCC4)c([N+](=O)[O-])c3)sc2c1. The number of carbonyl (C=O) groups excluding carboxylic acids is 1. The number of hydrogen-bond acceptors (Lipinski definition) is 8. The number of morpholine rings is 1. The number of benzene rings is 2. The van der Waals surface area contributed by atoms with Crippen molar-refractivity contribution in [1.29, 1.82) is 0 Å². The number of rotatable bonds is 4. The van der Waals surface area contributed by atoms with Crippen molar-refractivity contribution in [2.24, 2.45) is 0 Å². The Bertz CT molecular complexity index is 1220. The van der Waals surface area contributed by atoms with Gasteiger partial charge in [0.1, 0.15) is 5.69 Å². The molecular weight excluding hydrogens is 450 g/mol. The Morgan fingerprint density at radius 1 is 1.25 bits per heavy atom. The molecule has 32 heavy (non-hydrogen) atoms. The molecule has 0 unspecified atom stereocenters. The number of thiazole rings is 1. The molecule has 1 aliphatic rings. The van der Waals surface area contributed by atoms with Crippen LogP contribution in [0.5, 0.6) is 0 Å². The summed E-state index contributed by atoms with van der Waals surface area (Å²) in [4.78, 5) is 30.2. The molecule has 0 saturated carbocycles. The highest BCUT2D eigenvalue weighted by Crippen LogP contribution is 2.31. The zero-order chi connectivity index (χ0) is 22.8. The lowest BCUT2D eigenvalue weighted by Gasteiger charge is -2.28. The molecule has 0 spiro atoms. The van der Waals surface area contributed by atoms with E-state index in [1.54, 1.807) is 12.1 Å². The number of thiocarbonyl (C=S) groups is 1. The molecule has 1 saturated heterocycles. The van der Waals surface area contributed by atoms with Gasteiger partial charge in [0.15, 0.2) is 10.2 Å². The number of anilines is 2. The Morgan fingerprint density at radius 2 is 2.00 bits per heavy atom. The first-order chi connectivity index (χ1) is 15.3. The topological polar surface area (TPSA) is 110 Å². The molecule has 2 heterocycles. The first kappa shape index (κ1) is 22.1. The lowest BCUT2D eigenvalue weighted by molar-refractivity contribution is -0.384. The van der Waals surface area contributed by atoms with Crippen LogP contribution >= 0.6 is 23.6 Å². The highest BCUT2D eigenvalue weighted by Gasteiger charge is 2.23. The van der Waals surface area contributed by atoms with Crippen molar-refractivity contribution in [3.63, 3.8) is 0 Å². The highest BCUT2D eigenvalue weighted by molar-refractivity contribution is 7.80. The van der Waals surface area contributed by atoms with E-state index in [0.29, 0.717) is 37.1 Å². The van der Waals surface area contributed by atoms with Crippen molar-refractivity contribution in [3.8, 4) is 0 Å². The monoisotopic (exact) mass is 471 g/mol. The van der Waals surface area contributed by atoms with Crippen LogP contribution in [0.25, 0.3) is 10.2 Å². The molecule has 1 aromatic heterocycles. The van der Waals surface area contributed by atoms with Crippen molar-refractivity contribution in [2.75, 3.05) is 36.5 Å². The van der Waals surface area contributed by atoms with Gasteiger partial charge in [-0.3, -0.25) is 20.2 Å². The van der Waals surface area contributed by atoms with Gasteiger partial charge in [0, 0.05) is 24.7 Å². The second-order valence-electron chi connectivity index (χ2n) is 7.42. The molecule has 1 amide bonds. The number of nitrogens with one attached hydrogen (secondary N) is 2. The van der Waals surface area contributed by atoms with Gasteiger partial charge in [-0.05, 0) is 55.4 Å². The van der Waals surface area contributed by atoms with Gasteiger partial charge in [-0.25, -0.2) is 4.98 Å². The third kappa shape index (κ3) is 4.69. The van der Waals surface area contributed by atoms with E-state index in [1.165, 1.54) is 17.4 Å². The van der Waals surface area contributed by atoms with E-state index in [2.05, 4.69) is 21.7 Å². The Morgan fingerprint density at radius 3 is 2.72 bits per heavy atom. The molecule has 11 heteroatoms. The smallest absolute Gasteiger partial charge is 0.293 e. The molecule has 9 nitrogen and oxygen atoms in total. The summed E-state index contributed by atoms with van der Waals surface area (Å²) in [5.74, 6) is -0.535. The lowest BCUT2D eigenvalue weighted by atomic mass is 10.1. The molecule has 166 valence electrons. The molecule has 1 fully saturated rings. The van der Waals surface area contributed by atoms with Gasteiger partial charge >= 0.3 is 0 Å². The first-order valence-corrected chi connectivity index (χ1v) is 11.2. The molecule has 0 aliphatic carbocycles. The number of hydrogen-bond donors (Lipinski definition) is 2. The van der Waals surface area contributed by atoms with Crippen LogP contribution in [-0.4, -0.2) is 47.2 Å². The predicted molar refractivity (Wildman–Crippen MR) is 129 cm³/mol. The summed E-state index contributed by atoms with van der Waals surface area (Å²) in [7, 11) is 0. The summed E-state index contributed by atoms with van der Waals surface area (Å²) in [6, 6.07) is 8.51. The van der Waals surface area contributed by atoms with Gasteiger partial charge in [0.2, 0.25) is 0 Å². The van der Waals surface area contributed by atoms with Gasteiger partial charge in [-0.2, -0.15) is 0 Å². The molecule has 0 radical (unpaired) electrons. The van der Waals surface area contributed by atoms with E-state index < -0.39 is 10.8 Å². The lowest BCUT2D eigenvalue weighted by Crippen LogP contribution is -2.37. The van der Waals surface area contributed by atoms with Crippen molar-refractivity contribution < 1.29 is 14.5 Å². The number of nitrogens with zero attached hydrogens (tertiary/aromatic N) is 3. The van der Waals surface area contributed by atoms with Gasteiger partial charge in [0.05, 0.1) is 28.4 Å². The second-order valence-corrected chi connectivity index (χ2v) is 8.85. The first-order valence-electron chi connectivity index (χ1n) is 9.93. The average molecular weight is 472 g/mol. The average Bonchev–Trinajstić information content (AvgIpc) is 3.16. The second kappa shape index (κ2) is 9.15. The van der Waals surface area contributed by atoms with Gasteiger partial charge in [0.25, 0.3) is 11.6 Å². The van der Waals surface area contributed by atoms with Crippen LogP contribution in [0.15, 0.2) is 30.3 Å². The van der Waals surface area contributed by atoms with Crippen LogP contribution in [0.2, 0.25) is 0 Å². The zero-order valence-electron chi connectivity index (χ0n) is 17.5. The summed E-state index contributed by atoms with van der Waals surface area (Å²) in [6.45, 7) is 6.14. The molecule has 2 aromatic carbocycles. The Labute approximate surface area is 193 Å². The number of aromatic nitrogens is 1. The third-order valence-corrected chi connectivity index (χ3v) is 6.19. The fourth-order valence-electron chi connectivity index (χ4n) is 3.61. The quantitative estimate of drug-likeness (QED) is 0.336. The van der Waals surface area contributed by atoms with Crippen molar-refractivity contribution >= 4 is 61.3 Å². The maximum atomic E-state index is 12.7. The summed E-state index contributed by atoms with van der Waals surface area (Å²) >= 11 is 6.69. The number of aryl methyl sites for hydroxylation is 2. The Hall–Kier alpha value is -3.15. The van der Waals surface area contributed by atoms with E-state index in [-0.39, 0.29) is 16.4 Å². The van der Waals surface area contributed by atoms with E-state index in [0.717, 1.165) is 21.3 Å². The Balaban J connectivity index is 1.48. The minimum absolute atomic E-state index is 0.0725. The van der Waals surface area contributed by atoms with Gasteiger partial charge in [-0.1, -0.05) is 17.4 Å². The van der Waals surface area contributed by atoms with Crippen LogP contribution in [-0.2, 0) is 4.74 Å². The number of amides is 1. The predicted octanol–water partition coefficient (Wildman–Crippen LogP) is 3.78. The van der Waals surface area contributed by atoms with Crippen LogP contribution in [0.4, 0.5) is 16.5 Å². The maximum Gasteiger partial charge on any atom is 0.293 e. The number of fused-ring (bicyclic) bond motifs is 1. The van der Waals surface area contributed by atoms with Gasteiger partial charge in [-0.15, -0.1) is 0 Å². The Kier molecular flexibility index (Phi) is 6.31. The standard InChI is InChI=1S/C21H21N5O4S2/c1-12-9-13(2)18-17(10-12)32-21(22-18)24-20(31)23-19(27)14-3-4-15(16(11-14)26(28)29)25-5-7-30-8-6-25/h3-4,9-11H,5-8H2,1-2H3,(H2,22,23,24,27,31). The van der Waals surface area contributed by atoms with Crippen molar-refractivity contribution in [2.45, 2.75) is 13.8 Å². The fourth-order valence-corrected chi connectivity index (χ4v) is 4.91. The summed E-state index contributed by atoms with van der Waals surface area (Å²) in [6.07, 6.45) is 0. The minimum Gasteiger partial charge on any atom is -0.378 e. The minimum atomic E-state index is -0.535. The van der Waals surface area contributed by atoms with Crippen LogP contribution in [0.3, 0.4) is 0 Å². The summed E-state index contributed by atoms with van der Waals surface area (Å²) in [5.41, 5.74) is 3.57. The van der Waals surface area contributed by atoms with E-state index in [4.69, 9.17) is 17.0 Å². The largest absolute Gasteiger partial charge is 0.378 e. The highest BCUT2D eigenvalue weighted by atomic mass is 32.1. The molecule has 0 bridgehead atoms. The third-order valence-electron chi connectivity index (χ3n) is 5.06. The number of ether oxygens (including phenoxy) is 1. The molecule has 2 N–H and O–H groups in total. The van der Waals surface area contributed by atoms with E-state index in [9.17, 15) is 14.9 Å². The number of nitro benzene ring substituents is 1. The number of carbonyl (C=O) groups is 1. The summed E-state index contributed by atoms with van der Waals surface area (Å²) < 4.78 is 6.33. The molecule has 4 rings (SSSR count). The normalized spacial score (nSPS) is 13.8. The van der Waals surface area contributed by atoms with Crippen LogP contribution in [0.1, 0.15) is 21.5 Å². The molecule has 1 aliphatic heterocycles. The molecule has 3 aromatic rings. The van der Waals surface area contributed by atoms with Crippen LogP contribution in [0, 0.1) is 24.0 Å². The van der Waals surface area contributed by atoms with E-state index in [1.807, 2.05) is 24.8 Å². The fraction of sp³-hybridized carbons (Fsp3) is 0.286. The zero-order valence-corrected chi connectivity index (χ0v) is 19.1. The maximum absolute atomic E-state index is 12.7. The van der Waals surface area contributed by atoms with Crippen LogP contribution < -0.4 is 15.5 Å².